The van der Waals surface area contributed by atoms with E-state index in [-0.39, 0.29) is 10.9 Å². The quantitative estimate of drug-likeness (QED) is 0.411. The summed E-state index contributed by atoms with van der Waals surface area (Å²) in [7, 11) is -0.412. The normalized spacial score (nSPS) is 12.3. The molecule has 2 aromatic carbocycles. The van der Waals surface area contributed by atoms with E-state index in [1.165, 1.54) is 23.7 Å². The first-order valence-corrected chi connectivity index (χ1v) is 12.5. The van der Waals surface area contributed by atoms with Gasteiger partial charge in [-0.15, -0.1) is 0 Å². The van der Waals surface area contributed by atoms with Gasteiger partial charge < -0.3 is 14.8 Å². The summed E-state index contributed by atoms with van der Waals surface area (Å²) in [5.41, 5.74) is 1.08. The zero-order valence-electron chi connectivity index (χ0n) is 18.4. The Bertz CT molecular complexity index is 1100. The van der Waals surface area contributed by atoms with Crippen LogP contribution in [0.25, 0.3) is 0 Å². The lowest BCUT2D eigenvalue weighted by Gasteiger charge is -2.17. The largest absolute Gasteiger partial charge is 0.497 e. The van der Waals surface area contributed by atoms with E-state index in [1.54, 1.807) is 26.4 Å². The van der Waals surface area contributed by atoms with Crippen molar-refractivity contribution < 1.29 is 17.9 Å². The van der Waals surface area contributed by atoms with E-state index in [4.69, 9.17) is 9.47 Å². The number of anilines is 1. The van der Waals surface area contributed by atoms with Crippen LogP contribution in [0.5, 0.6) is 11.5 Å². The number of nitrogens with one attached hydrogen (secondary N) is 2. The lowest BCUT2D eigenvalue weighted by molar-refractivity contribution is 0.414. The SMILES string of the molecule is CCC(CCNc1nc(Cc2cccc(OC)c2)ns1)NS(=O)(=O)c1ccc(OC)cc1. The molecule has 1 aromatic heterocycles. The summed E-state index contributed by atoms with van der Waals surface area (Å²) < 4.78 is 42.8. The zero-order valence-corrected chi connectivity index (χ0v) is 20.0. The van der Waals surface area contributed by atoms with E-state index >= 15 is 0 Å². The van der Waals surface area contributed by atoms with Crippen LogP contribution >= 0.6 is 11.5 Å². The number of aromatic nitrogens is 2. The average molecular weight is 477 g/mol. The van der Waals surface area contributed by atoms with Gasteiger partial charge in [0, 0.05) is 30.5 Å². The molecule has 0 amide bonds. The molecular weight excluding hydrogens is 448 g/mol. The molecule has 3 aromatic rings. The first kappa shape index (κ1) is 24.0. The average Bonchev–Trinajstić information content (AvgIpc) is 3.25. The summed E-state index contributed by atoms with van der Waals surface area (Å²) in [4.78, 5) is 4.75. The molecule has 0 fully saturated rings. The molecule has 0 spiro atoms. The van der Waals surface area contributed by atoms with Crippen LogP contribution in [0.2, 0.25) is 0 Å². The predicted molar refractivity (Wildman–Crippen MR) is 126 cm³/mol. The monoisotopic (exact) mass is 476 g/mol. The summed E-state index contributed by atoms with van der Waals surface area (Å²) >= 11 is 1.30. The molecule has 32 heavy (non-hydrogen) atoms. The molecule has 1 unspecified atom stereocenters. The highest BCUT2D eigenvalue weighted by Gasteiger charge is 2.19. The number of sulfonamides is 1. The first-order valence-electron chi connectivity index (χ1n) is 10.3. The van der Waals surface area contributed by atoms with Gasteiger partial charge in [-0.05, 0) is 54.8 Å². The van der Waals surface area contributed by atoms with Crippen LogP contribution in [0, 0.1) is 0 Å². The van der Waals surface area contributed by atoms with Crippen LogP contribution < -0.4 is 19.5 Å². The number of rotatable bonds is 12. The number of hydrogen-bond donors (Lipinski definition) is 2. The molecule has 10 heteroatoms. The van der Waals surface area contributed by atoms with Crippen LogP contribution in [0.15, 0.2) is 53.4 Å². The van der Waals surface area contributed by atoms with E-state index in [2.05, 4.69) is 19.4 Å². The fourth-order valence-corrected chi connectivity index (χ4v) is 5.07. The van der Waals surface area contributed by atoms with Crippen molar-refractivity contribution in [2.45, 2.75) is 37.1 Å². The number of hydrogen-bond acceptors (Lipinski definition) is 8. The third kappa shape index (κ3) is 6.65. The van der Waals surface area contributed by atoms with Gasteiger partial charge in [-0.25, -0.2) is 18.1 Å². The van der Waals surface area contributed by atoms with Crippen LogP contribution in [0.3, 0.4) is 0 Å². The summed E-state index contributed by atoms with van der Waals surface area (Å²) in [6.45, 7) is 2.54. The second-order valence-electron chi connectivity index (χ2n) is 7.16. The smallest absolute Gasteiger partial charge is 0.240 e. The van der Waals surface area contributed by atoms with E-state index in [9.17, 15) is 8.42 Å². The Kier molecular flexibility index (Phi) is 8.43. The molecule has 3 rings (SSSR count). The summed E-state index contributed by atoms with van der Waals surface area (Å²) in [5, 5.41) is 3.97. The Labute approximate surface area is 193 Å². The first-order chi connectivity index (χ1) is 15.4. The van der Waals surface area contributed by atoms with Crippen LogP contribution in [-0.2, 0) is 16.4 Å². The summed E-state index contributed by atoms with van der Waals surface area (Å²) in [6, 6.07) is 14.0. The van der Waals surface area contributed by atoms with Gasteiger partial charge >= 0.3 is 0 Å². The van der Waals surface area contributed by atoms with Crippen LogP contribution in [0.4, 0.5) is 5.13 Å². The van der Waals surface area contributed by atoms with Crippen molar-refractivity contribution in [3.8, 4) is 11.5 Å². The molecule has 0 saturated heterocycles. The molecule has 0 saturated carbocycles. The fraction of sp³-hybridized carbons (Fsp3) is 0.364. The number of ether oxygens (including phenoxy) is 2. The number of methoxy groups -OCH3 is 2. The van der Waals surface area contributed by atoms with Crippen LogP contribution in [-0.4, -0.2) is 44.6 Å². The Balaban J connectivity index is 1.51. The third-order valence-corrected chi connectivity index (χ3v) is 7.16. The minimum Gasteiger partial charge on any atom is -0.497 e. The van der Waals surface area contributed by atoms with Gasteiger partial charge in [-0.1, -0.05) is 19.1 Å². The van der Waals surface area contributed by atoms with Crippen molar-refractivity contribution in [2.24, 2.45) is 0 Å². The van der Waals surface area contributed by atoms with E-state index in [0.29, 0.717) is 31.6 Å². The van der Waals surface area contributed by atoms with Crippen molar-refractivity contribution in [3.05, 3.63) is 59.9 Å². The van der Waals surface area contributed by atoms with Gasteiger partial charge in [0.15, 0.2) is 0 Å². The Hall–Kier alpha value is -2.69. The fourth-order valence-electron chi connectivity index (χ4n) is 3.10. The molecule has 0 radical (unpaired) electrons. The Morgan fingerprint density at radius 3 is 2.50 bits per heavy atom. The molecule has 0 aliphatic carbocycles. The van der Waals surface area contributed by atoms with E-state index in [0.717, 1.165) is 22.3 Å². The standard InChI is InChI=1S/C22H28N4O4S2/c1-4-17(26-32(27,28)20-10-8-18(29-2)9-11-20)12-13-23-22-24-21(25-31-22)15-16-6-5-7-19(14-16)30-3/h5-11,14,17,26H,4,12-13,15H2,1-3H3,(H,23,24,25). The predicted octanol–water partition coefficient (Wildman–Crippen LogP) is 3.71. The van der Waals surface area contributed by atoms with Gasteiger partial charge in [0.05, 0.1) is 19.1 Å². The third-order valence-electron chi connectivity index (χ3n) is 4.92. The van der Waals surface area contributed by atoms with Crippen molar-refractivity contribution in [1.29, 1.82) is 0 Å². The minimum atomic E-state index is -3.60. The highest BCUT2D eigenvalue weighted by Crippen LogP contribution is 2.19. The van der Waals surface area contributed by atoms with E-state index < -0.39 is 10.0 Å². The molecule has 0 aliphatic heterocycles. The highest BCUT2D eigenvalue weighted by atomic mass is 32.2. The van der Waals surface area contributed by atoms with Gasteiger partial charge in [0.25, 0.3) is 0 Å². The highest BCUT2D eigenvalue weighted by molar-refractivity contribution is 7.89. The lowest BCUT2D eigenvalue weighted by Crippen LogP contribution is -2.35. The zero-order chi connectivity index (χ0) is 23.0. The van der Waals surface area contributed by atoms with Gasteiger partial charge in [-0.3, -0.25) is 0 Å². The van der Waals surface area contributed by atoms with Crippen molar-refractivity contribution >= 4 is 26.7 Å². The van der Waals surface area contributed by atoms with Crippen LogP contribution in [0.1, 0.15) is 31.2 Å². The molecule has 1 atom stereocenters. The molecule has 0 bridgehead atoms. The molecule has 8 nitrogen and oxygen atoms in total. The minimum absolute atomic E-state index is 0.196. The number of benzene rings is 2. The van der Waals surface area contributed by atoms with Gasteiger partial charge in [-0.2, -0.15) is 4.37 Å². The molecular formula is C22H28N4O4S2. The van der Waals surface area contributed by atoms with Gasteiger partial charge in [0.2, 0.25) is 15.2 Å². The summed E-state index contributed by atoms with van der Waals surface area (Å²) in [6.07, 6.45) is 1.92. The van der Waals surface area contributed by atoms with Crippen molar-refractivity contribution in [1.82, 2.24) is 14.1 Å². The molecule has 1 heterocycles. The van der Waals surface area contributed by atoms with Crippen molar-refractivity contribution in [2.75, 3.05) is 26.1 Å². The van der Waals surface area contributed by atoms with Gasteiger partial charge in [0.1, 0.15) is 17.3 Å². The Morgan fingerprint density at radius 1 is 1.06 bits per heavy atom. The molecule has 2 N–H and O–H groups in total. The number of nitrogens with zero attached hydrogens (tertiary/aromatic N) is 2. The molecule has 0 aliphatic rings. The van der Waals surface area contributed by atoms with Crippen molar-refractivity contribution in [3.63, 3.8) is 0 Å². The second-order valence-corrected chi connectivity index (χ2v) is 9.63. The lowest BCUT2D eigenvalue weighted by atomic mass is 10.1. The Morgan fingerprint density at radius 2 is 1.81 bits per heavy atom. The maximum Gasteiger partial charge on any atom is 0.240 e. The second kappa shape index (κ2) is 11.3. The van der Waals surface area contributed by atoms with E-state index in [1.807, 2.05) is 31.2 Å². The maximum absolute atomic E-state index is 12.7. The summed E-state index contributed by atoms with van der Waals surface area (Å²) in [5.74, 6) is 2.15. The topological polar surface area (TPSA) is 102 Å². The maximum atomic E-state index is 12.7. The molecule has 172 valence electrons.